The number of likely N-dealkylation sites (tertiary alicyclic amines) is 1. The summed E-state index contributed by atoms with van der Waals surface area (Å²) in [7, 11) is 0.545. The van der Waals surface area contributed by atoms with Crippen LogP contribution in [-0.2, 0) is 22.3 Å². The van der Waals surface area contributed by atoms with Crippen LogP contribution in [0, 0.1) is 11.8 Å². The van der Waals surface area contributed by atoms with E-state index in [2.05, 4.69) is 53.1 Å². The Morgan fingerprint density at radius 2 is 1.91 bits per heavy atom. The minimum absolute atomic E-state index is 0.0227. The van der Waals surface area contributed by atoms with Gasteiger partial charge in [0, 0.05) is 29.0 Å². The van der Waals surface area contributed by atoms with Crippen molar-refractivity contribution in [2.75, 3.05) is 5.32 Å². The van der Waals surface area contributed by atoms with Gasteiger partial charge in [0.15, 0.2) is 5.69 Å². The van der Waals surface area contributed by atoms with Crippen LogP contribution < -0.4 is 11.1 Å². The fraction of sp³-hybridized carbons (Fsp3) is 0.222. The van der Waals surface area contributed by atoms with Crippen LogP contribution in [0.1, 0.15) is 33.9 Å². The van der Waals surface area contributed by atoms with Crippen LogP contribution in [0.25, 0.3) is 10.9 Å². The number of aromatic nitrogens is 5. The summed E-state index contributed by atoms with van der Waals surface area (Å²) in [5.74, 6) is 4.07. The number of halogens is 4. The Morgan fingerprint density at radius 1 is 1.14 bits per heavy atom. The zero-order chi connectivity index (χ0) is 30.5. The molecule has 218 valence electrons. The van der Waals surface area contributed by atoms with E-state index in [1.54, 1.807) is 35.2 Å². The van der Waals surface area contributed by atoms with Gasteiger partial charge in [0.1, 0.15) is 23.0 Å². The Morgan fingerprint density at radius 3 is 2.60 bits per heavy atom. The smallest absolute Gasteiger partial charge is 0.364 e. The number of carbonyl (C=O) groups is 3. The van der Waals surface area contributed by atoms with Gasteiger partial charge in [-0.05, 0) is 58.6 Å². The molecule has 3 N–H and O–H groups in total. The number of carbonyl (C=O) groups excluding carboxylic acids is 3. The number of fused-ring (bicyclic) bond motifs is 2. The maximum absolute atomic E-state index is 13.6. The molecule has 4 aromatic rings. The molecule has 6 rings (SSSR count). The van der Waals surface area contributed by atoms with E-state index in [1.807, 2.05) is 0 Å². The minimum atomic E-state index is -4.57. The number of hydrogen-bond donors (Lipinski definition) is 2. The molecule has 11 nitrogen and oxygen atoms in total. The maximum atomic E-state index is 13.6. The van der Waals surface area contributed by atoms with Gasteiger partial charge in [0.05, 0.1) is 16.9 Å². The summed E-state index contributed by atoms with van der Waals surface area (Å²) in [5, 5.41) is 7.39. The van der Waals surface area contributed by atoms with Gasteiger partial charge in [-0.3, -0.25) is 19.1 Å². The van der Waals surface area contributed by atoms with E-state index in [9.17, 15) is 27.6 Å². The topological polar surface area (TPSA) is 149 Å². The summed E-state index contributed by atoms with van der Waals surface area (Å²) in [6, 6.07) is 9.20. The molecule has 0 spiro atoms. The lowest BCUT2D eigenvalue weighted by molar-refractivity contribution is -0.138. The van der Waals surface area contributed by atoms with Gasteiger partial charge in [-0.15, -0.1) is 0 Å². The number of rotatable bonds is 5. The van der Waals surface area contributed by atoms with Gasteiger partial charge in [0.25, 0.3) is 5.91 Å². The highest BCUT2D eigenvalue weighted by atomic mass is 79.9. The summed E-state index contributed by atoms with van der Waals surface area (Å²) < 4.78 is 40.2. The lowest BCUT2D eigenvalue weighted by Crippen LogP contribution is -2.46. The van der Waals surface area contributed by atoms with E-state index < -0.39 is 23.7 Å². The molecule has 2 aliphatic rings. The number of alkyl halides is 3. The van der Waals surface area contributed by atoms with E-state index >= 15 is 0 Å². The summed E-state index contributed by atoms with van der Waals surface area (Å²) >= 11 is 3.27. The van der Waals surface area contributed by atoms with Gasteiger partial charge in [-0.1, -0.05) is 20.6 Å². The molecule has 16 heteroatoms. The van der Waals surface area contributed by atoms with Gasteiger partial charge in [0.2, 0.25) is 17.6 Å². The summed E-state index contributed by atoms with van der Waals surface area (Å²) in [6.07, 6.45) is -2.73. The Kier molecular flexibility index (Phi) is 7.35. The molecule has 2 aliphatic heterocycles. The van der Waals surface area contributed by atoms with E-state index in [1.165, 1.54) is 10.7 Å². The average molecular weight is 671 g/mol. The molecular weight excluding hydrogens is 652 g/mol. The number of nitrogens with one attached hydrogen (secondary N) is 1. The molecule has 0 saturated carbocycles. The standard InChI is InChI=1S/C27H19BrF3N8O3P/c28-19-2-1-3-21(35-19)36-25(42)17-9-18-26(43-18)39(17)22(40)12-38-16-6-4-13(8-15(16)23(37-38)24(32)41)5-7-20-33-10-14(11-34-20)27(29,30)31/h1-4,6,8,10-11,17-18,26,43H,9,12H2,(H2,32,41)(H,35,36,42)/t17-,18+,26+/m0/s1. The van der Waals surface area contributed by atoms with Gasteiger partial charge in [-0.25, -0.2) is 15.0 Å². The van der Waals surface area contributed by atoms with Crippen LogP contribution in [0.5, 0.6) is 0 Å². The van der Waals surface area contributed by atoms with Crippen LogP contribution in [0.15, 0.2) is 53.4 Å². The molecule has 1 unspecified atom stereocenters. The quantitative estimate of drug-likeness (QED) is 0.188. The molecule has 1 aromatic carbocycles. The van der Waals surface area contributed by atoms with Crippen molar-refractivity contribution in [1.82, 2.24) is 29.6 Å². The molecule has 2 fully saturated rings. The average Bonchev–Trinajstić information content (AvgIpc) is 3.47. The first-order chi connectivity index (χ1) is 20.5. The van der Waals surface area contributed by atoms with Crippen molar-refractivity contribution in [2.45, 2.75) is 36.6 Å². The molecule has 0 radical (unpaired) electrons. The summed E-state index contributed by atoms with van der Waals surface area (Å²) in [6.45, 7) is -0.235. The zero-order valence-electron chi connectivity index (χ0n) is 21.8. The predicted octanol–water partition coefficient (Wildman–Crippen LogP) is 3.13. The fourth-order valence-corrected chi connectivity index (χ4v) is 6.68. The monoisotopic (exact) mass is 670 g/mol. The number of primary amides is 1. The lowest BCUT2D eigenvalue weighted by Gasteiger charge is -2.26. The molecular formula is C27H19BrF3N8O3P. The third-order valence-corrected chi connectivity index (χ3v) is 8.95. The van der Waals surface area contributed by atoms with Crippen molar-refractivity contribution in [2.24, 2.45) is 5.73 Å². The second-order valence-corrected chi connectivity index (χ2v) is 12.2. The van der Waals surface area contributed by atoms with Crippen molar-refractivity contribution in [3.63, 3.8) is 0 Å². The highest BCUT2D eigenvalue weighted by Crippen LogP contribution is 2.59. The van der Waals surface area contributed by atoms with Crippen molar-refractivity contribution < 1.29 is 27.6 Å². The van der Waals surface area contributed by atoms with Crippen LogP contribution >= 0.6 is 24.5 Å². The van der Waals surface area contributed by atoms with E-state index in [4.69, 9.17) is 5.73 Å². The highest BCUT2D eigenvalue weighted by Gasteiger charge is 2.56. The number of hydrogen-bond acceptors (Lipinski definition) is 7. The Balaban J connectivity index is 1.23. The third kappa shape index (κ3) is 5.93. The van der Waals surface area contributed by atoms with Crippen molar-refractivity contribution in [3.8, 4) is 11.8 Å². The van der Waals surface area contributed by atoms with E-state index in [0.717, 1.165) is 0 Å². The second-order valence-electron chi connectivity index (χ2n) is 9.75. The lowest BCUT2D eigenvalue weighted by atomic mass is 10.1. The molecule has 0 bridgehead atoms. The molecule has 2 saturated heterocycles. The summed E-state index contributed by atoms with van der Waals surface area (Å²) in [5.41, 5.74) is 5.58. The number of nitrogens with two attached hydrogens (primary N) is 1. The first-order valence-electron chi connectivity index (χ1n) is 12.7. The fourth-order valence-electron chi connectivity index (χ4n) is 4.87. The SMILES string of the molecule is NC(=O)c1nn(CC(=O)N2[C@@H]3P[C@@H]3C[C@H]2C(=O)Nc2cccc(Br)n2)c2ccc(C#Cc3ncc(C(F)(F)F)cn3)cc12. The number of pyridine rings is 1. The third-order valence-electron chi connectivity index (χ3n) is 6.89. The molecule has 3 amide bonds. The van der Waals surface area contributed by atoms with Crippen molar-refractivity contribution in [3.05, 3.63) is 76.0 Å². The Hall–Kier alpha value is -4.41. The minimum Gasteiger partial charge on any atom is -0.364 e. The Bertz CT molecular complexity index is 1850. The highest BCUT2D eigenvalue weighted by molar-refractivity contribution is 9.10. The van der Waals surface area contributed by atoms with Crippen LogP contribution in [0.3, 0.4) is 0 Å². The van der Waals surface area contributed by atoms with Crippen LogP contribution in [0.2, 0.25) is 0 Å². The Labute approximate surface area is 251 Å². The number of nitrogens with zero attached hydrogens (tertiary/aromatic N) is 6. The molecule has 0 aliphatic carbocycles. The first kappa shape index (κ1) is 28.7. The normalized spacial score (nSPS) is 19.5. The summed E-state index contributed by atoms with van der Waals surface area (Å²) in [4.78, 5) is 52.0. The molecule has 43 heavy (non-hydrogen) atoms. The van der Waals surface area contributed by atoms with Crippen LogP contribution in [-0.4, -0.2) is 64.8 Å². The predicted molar refractivity (Wildman–Crippen MR) is 153 cm³/mol. The number of benzene rings is 1. The van der Waals surface area contributed by atoms with Crippen molar-refractivity contribution >= 4 is 59.0 Å². The maximum Gasteiger partial charge on any atom is 0.419 e. The molecule has 3 aromatic heterocycles. The van der Waals surface area contributed by atoms with Gasteiger partial charge < -0.3 is 16.0 Å². The number of amides is 3. The largest absolute Gasteiger partial charge is 0.419 e. The van der Waals surface area contributed by atoms with E-state index in [0.29, 0.717) is 54.3 Å². The van der Waals surface area contributed by atoms with E-state index in [-0.39, 0.29) is 41.3 Å². The van der Waals surface area contributed by atoms with Crippen LogP contribution in [0.4, 0.5) is 19.0 Å². The molecule has 5 heterocycles. The number of anilines is 1. The zero-order valence-corrected chi connectivity index (χ0v) is 24.3. The van der Waals surface area contributed by atoms with Gasteiger partial charge in [-0.2, -0.15) is 18.3 Å². The second kappa shape index (κ2) is 11.0. The molecule has 4 atom stereocenters. The van der Waals surface area contributed by atoms with Gasteiger partial charge >= 0.3 is 6.18 Å². The van der Waals surface area contributed by atoms with Crippen molar-refractivity contribution in [1.29, 1.82) is 0 Å². The first-order valence-corrected chi connectivity index (χ1v) is 14.6.